The van der Waals surface area contributed by atoms with Gasteiger partial charge in [0.15, 0.2) is 0 Å². The Hall–Kier alpha value is -1.49. The molecular formula is C16H22N2O2S. The number of hydrogen-bond acceptors (Lipinski definition) is 3. The molecule has 0 unspecified atom stereocenters. The highest BCUT2D eigenvalue weighted by molar-refractivity contribution is 8.01. The van der Waals surface area contributed by atoms with Crippen molar-refractivity contribution < 1.29 is 9.59 Å². The molecule has 1 saturated carbocycles. The van der Waals surface area contributed by atoms with E-state index in [1.165, 1.54) is 32.6 Å². The van der Waals surface area contributed by atoms with Gasteiger partial charge in [0.2, 0.25) is 11.8 Å². The van der Waals surface area contributed by atoms with Crippen molar-refractivity contribution in [2.24, 2.45) is 0 Å². The summed E-state index contributed by atoms with van der Waals surface area (Å²) in [6.45, 7) is 3.43. The maximum absolute atomic E-state index is 12.2. The van der Waals surface area contributed by atoms with Crippen molar-refractivity contribution in [3.05, 3.63) is 24.3 Å². The van der Waals surface area contributed by atoms with Gasteiger partial charge in [0, 0.05) is 23.5 Å². The smallest absolute Gasteiger partial charge is 0.237 e. The predicted molar refractivity (Wildman–Crippen MR) is 88.7 cm³/mol. The maximum atomic E-state index is 12.2. The zero-order chi connectivity index (χ0) is 15.2. The molecule has 0 radical (unpaired) electrons. The molecule has 0 aliphatic heterocycles. The van der Waals surface area contributed by atoms with Crippen molar-refractivity contribution in [1.82, 2.24) is 0 Å². The first kappa shape index (κ1) is 15.9. The first-order valence-corrected chi connectivity index (χ1v) is 8.33. The van der Waals surface area contributed by atoms with E-state index in [1.54, 1.807) is 36.0 Å². The van der Waals surface area contributed by atoms with Crippen molar-refractivity contribution in [1.29, 1.82) is 0 Å². The maximum Gasteiger partial charge on any atom is 0.237 e. The van der Waals surface area contributed by atoms with E-state index in [-0.39, 0.29) is 17.1 Å². The average molecular weight is 306 g/mol. The van der Waals surface area contributed by atoms with Crippen molar-refractivity contribution in [2.75, 3.05) is 10.6 Å². The van der Waals surface area contributed by atoms with Gasteiger partial charge in [-0.2, -0.15) is 0 Å². The summed E-state index contributed by atoms with van der Waals surface area (Å²) in [4.78, 5) is 23.1. The van der Waals surface area contributed by atoms with Gasteiger partial charge in [0.25, 0.3) is 0 Å². The second kappa shape index (κ2) is 7.50. The Balaban J connectivity index is 1.84. The molecule has 1 atom stereocenters. The fourth-order valence-electron chi connectivity index (χ4n) is 2.46. The standard InChI is InChI=1S/C16H22N2O2S/c1-11(21-15-5-3-4-6-15)16(20)18-14-9-7-13(8-10-14)17-12(2)19/h7-11,15H,3-6H2,1-2H3,(H,17,19)(H,18,20)/t11-/m1/s1. The molecule has 4 nitrogen and oxygen atoms in total. The van der Waals surface area contributed by atoms with Crippen LogP contribution < -0.4 is 10.6 Å². The molecule has 0 heterocycles. The van der Waals surface area contributed by atoms with E-state index in [2.05, 4.69) is 10.6 Å². The van der Waals surface area contributed by atoms with Gasteiger partial charge in [0.05, 0.1) is 5.25 Å². The quantitative estimate of drug-likeness (QED) is 0.873. The Morgan fingerprint density at radius 3 is 2.14 bits per heavy atom. The molecule has 1 aromatic rings. The van der Waals surface area contributed by atoms with Crippen LogP contribution in [0.15, 0.2) is 24.3 Å². The minimum atomic E-state index is -0.103. The molecule has 2 amide bonds. The topological polar surface area (TPSA) is 58.2 Å². The third-order valence-corrected chi connectivity index (χ3v) is 5.02. The molecule has 1 fully saturated rings. The Morgan fingerprint density at radius 2 is 1.62 bits per heavy atom. The lowest BCUT2D eigenvalue weighted by Crippen LogP contribution is -2.24. The van der Waals surface area contributed by atoms with Gasteiger partial charge in [-0.1, -0.05) is 12.8 Å². The first-order valence-electron chi connectivity index (χ1n) is 7.38. The Morgan fingerprint density at radius 1 is 1.10 bits per heavy atom. The summed E-state index contributed by atoms with van der Waals surface area (Å²) >= 11 is 1.78. The highest BCUT2D eigenvalue weighted by atomic mass is 32.2. The third kappa shape index (κ3) is 5.08. The normalized spacial score (nSPS) is 16.5. The largest absolute Gasteiger partial charge is 0.326 e. The van der Waals surface area contributed by atoms with Crippen LogP contribution in [-0.4, -0.2) is 22.3 Å². The molecule has 2 rings (SSSR count). The summed E-state index contributed by atoms with van der Waals surface area (Å²) in [7, 11) is 0. The number of hydrogen-bond donors (Lipinski definition) is 2. The predicted octanol–water partition coefficient (Wildman–Crippen LogP) is 3.65. The van der Waals surface area contributed by atoms with Gasteiger partial charge in [-0.3, -0.25) is 9.59 Å². The highest BCUT2D eigenvalue weighted by Crippen LogP contribution is 2.32. The van der Waals surface area contributed by atoms with Gasteiger partial charge in [-0.05, 0) is 44.0 Å². The number of thioether (sulfide) groups is 1. The summed E-state index contributed by atoms with van der Waals surface area (Å²) in [6, 6.07) is 7.17. The van der Waals surface area contributed by atoms with Crippen molar-refractivity contribution in [3.8, 4) is 0 Å². The minimum absolute atomic E-state index is 0.0388. The first-order chi connectivity index (χ1) is 10.0. The third-order valence-electron chi connectivity index (χ3n) is 3.54. The Labute approximate surface area is 130 Å². The number of nitrogens with one attached hydrogen (secondary N) is 2. The van der Waals surface area contributed by atoms with E-state index < -0.39 is 0 Å². The molecule has 0 bridgehead atoms. The minimum Gasteiger partial charge on any atom is -0.326 e. The average Bonchev–Trinajstić information content (AvgIpc) is 2.93. The van der Waals surface area contributed by atoms with Gasteiger partial charge in [-0.15, -0.1) is 11.8 Å². The van der Waals surface area contributed by atoms with E-state index >= 15 is 0 Å². The zero-order valence-corrected chi connectivity index (χ0v) is 13.3. The number of benzene rings is 1. The molecule has 0 saturated heterocycles. The van der Waals surface area contributed by atoms with E-state index in [0.717, 1.165) is 11.4 Å². The van der Waals surface area contributed by atoms with Gasteiger partial charge in [0.1, 0.15) is 0 Å². The molecule has 1 aromatic carbocycles. The molecule has 2 N–H and O–H groups in total. The van der Waals surface area contributed by atoms with E-state index in [9.17, 15) is 9.59 Å². The van der Waals surface area contributed by atoms with Crippen LogP contribution in [0.4, 0.5) is 11.4 Å². The van der Waals surface area contributed by atoms with Crippen LogP contribution in [0.3, 0.4) is 0 Å². The van der Waals surface area contributed by atoms with Crippen molar-refractivity contribution in [2.45, 2.75) is 50.0 Å². The molecular weight excluding hydrogens is 284 g/mol. The fraction of sp³-hybridized carbons (Fsp3) is 0.500. The Kier molecular flexibility index (Phi) is 5.67. The van der Waals surface area contributed by atoms with Crippen LogP contribution >= 0.6 is 11.8 Å². The number of carbonyl (C=O) groups is 2. The Bertz CT molecular complexity index is 496. The van der Waals surface area contributed by atoms with Gasteiger partial charge < -0.3 is 10.6 Å². The second-order valence-corrected chi connectivity index (χ2v) is 7.08. The summed E-state index contributed by atoms with van der Waals surface area (Å²) in [5, 5.41) is 6.22. The summed E-state index contributed by atoms with van der Waals surface area (Å²) in [5.74, 6) is -0.0625. The van der Waals surface area contributed by atoms with E-state index in [1.807, 2.05) is 6.92 Å². The molecule has 0 spiro atoms. The van der Waals surface area contributed by atoms with Gasteiger partial charge in [-0.25, -0.2) is 0 Å². The molecule has 0 aromatic heterocycles. The zero-order valence-electron chi connectivity index (χ0n) is 12.5. The number of anilines is 2. The van der Waals surface area contributed by atoms with Crippen LogP contribution in [0.5, 0.6) is 0 Å². The fourth-order valence-corrected chi connectivity index (χ4v) is 3.82. The summed E-state index contributed by atoms with van der Waals surface area (Å²) in [6.07, 6.45) is 5.04. The second-order valence-electron chi connectivity index (χ2n) is 5.43. The van der Waals surface area contributed by atoms with E-state index in [0.29, 0.717) is 5.25 Å². The molecule has 1 aliphatic carbocycles. The molecule has 1 aliphatic rings. The van der Waals surface area contributed by atoms with Crippen LogP contribution in [0, 0.1) is 0 Å². The monoisotopic (exact) mass is 306 g/mol. The van der Waals surface area contributed by atoms with Crippen LogP contribution in [0.2, 0.25) is 0 Å². The lowest BCUT2D eigenvalue weighted by molar-refractivity contribution is -0.115. The SMILES string of the molecule is CC(=O)Nc1ccc(NC(=O)[C@@H](C)SC2CCCC2)cc1. The van der Waals surface area contributed by atoms with Crippen LogP contribution in [-0.2, 0) is 9.59 Å². The van der Waals surface area contributed by atoms with Crippen LogP contribution in [0.25, 0.3) is 0 Å². The van der Waals surface area contributed by atoms with Crippen LogP contribution in [0.1, 0.15) is 39.5 Å². The number of carbonyl (C=O) groups excluding carboxylic acids is 2. The molecule has 5 heteroatoms. The lowest BCUT2D eigenvalue weighted by Gasteiger charge is -2.16. The highest BCUT2D eigenvalue weighted by Gasteiger charge is 2.22. The number of amides is 2. The summed E-state index contributed by atoms with van der Waals surface area (Å²) in [5.41, 5.74) is 1.49. The number of rotatable bonds is 5. The van der Waals surface area contributed by atoms with Crippen molar-refractivity contribution in [3.63, 3.8) is 0 Å². The lowest BCUT2D eigenvalue weighted by atomic mass is 10.2. The van der Waals surface area contributed by atoms with Crippen molar-refractivity contribution >= 4 is 35.0 Å². The molecule has 21 heavy (non-hydrogen) atoms. The van der Waals surface area contributed by atoms with Gasteiger partial charge >= 0.3 is 0 Å². The molecule has 114 valence electrons. The summed E-state index contributed by atoms with van der Waals surface area (Å²) < 4.78 is 0. The van der Waals surface area contributed by atoms with E-state index in [4.69, 9.17) is 0 Å².